The van der Waals surface area contributed by atoms with Gasteiger partial charge in [-0.15, -0.1) is 0 Å². The second kappa shape index (κ2) is 10.2. The van der Waals surface area contributed by atoms with E-state index in [0.717, 1.165) is 5.92 Å². The summed E-state index contributed by atoms with van der Waals surface area (Å²) in [5.41, 5.74) is 0. The van der Waals surface area contributed by atoms with Crippen LogP contribution in [-0.2, 0) is 0 Å². The van der Waals surface area contributed by atoms with Crippen molar-refractivity contribution in [2.45, 2.75) is 32.6 Å². The Balaban J connectivity index is -0.000000120. The van der Waals surface area contributed by atoms with Gasteiger partial charge in [0, 0.05) is 0 Å². The Bertz CT molecular complexity index is 44.3. The fourth-order valence-electron chi connectivity index (χ4n) is 1.13. The van der Waals surface area contributed by atoms with E-state index in [1.54, 1.807) is 0 Å². The zero-order valence-electron chi connectivity index (χ0n) is 5.87. The molecule has 0 aromatic rings. The molecule has 3 heteroatoms. The molecule has 0 spiro atoms. The van der Waals surface area contributed by atoms with E-state index in [4.69, 9.17) is 0 Å². The second-order valence-corrected chi connectivity index (χ2v) is 2.39. The van der Waals surface area contributed by atoms with Gasteiger partial charge >= 0.3 is 23.1 Å². The van der Waals surface area contributed by atoms with Crippen LogP contribution < -0.4 is 48.0 Å². The molecule has 1 saturated carbocycles. The first-order valence-electron chi connectivity index (χ1n) is 2.89. The van der Waals surface area contributed by atoms with Crippen LogP contribution in [0.2, 0.25) is 0 Å². The summed E-state index contributed by atoms with van der Waals surface area (Å²) in [5, 5.41) is 0. The number of hydrogen-bond acceptors (Lipinski definition) is 0. The molecule has 9 heavy (non-hydrogen) atoms. The molecular weight excluding hydrogens is 350 g/mol. The molecule has 0 amide bonds. The van der Waals surface area contributed by atoms with Gasteiger partial charge in [0.05, 0.1) is 0 Å². The standard InChI is InChI=1S/C6H12.2HI.Mg/c1-6-4-2-3-5-6;;;/h6H,2-5H2,1H3;2*1H;/q;;;+2/p-2. The van der Waals surface area contributed by atoms with Crippen molar-refractivity contribution in [3.8, 4) is 0 Å². The van der Waals surface area contributed by atoms with Crippen LogP contribution in [0.15, 0.2) is 0 Å². The van der Waals surface area contributed by atoms with Gasteiger partial charge in [0.15, 0.2) is 0 Å². The number of rotatable bonds is 0. The molecule has 0 nitrogen and oxygen atoms in total. The van der Waals surface area contributed by atoms with E-state index in [9.17, 15) is 0 Å². The third-order valence-corrected chi connectivity index (χ3v) is 1.64. The van der Waals surface area contributed by atoms with E-state index in [2.05, 4.69) is 6.92 Å². The predicted molar refractivity (Wildman–Crippen MR) is 33.4 cm³/mol. The molecule has 0 radical (unpaired) electrons. The Morgan fingerprint density at radius 1 is 1.00 bits per heavy atom. The van der Waals surface area contributed by atoms with Crippen LogP contribution in [0.5, 0.6) is 0 Å². The summed E-state index contributed by atoms with van der Waals surface area (Å²) in [6, 6.07) is 0. The molecule has 0 aliphatic heterocycles. The van der Waals surface area contributed by atoms with Crippen molar-refractivity contribution >= 4 is 23.1 Å². The maximum absolute atomic E-state index is 2.34. The summed E-state index contributed by atoms with van der Waals surface area (Å²) in [7, 11) is 0. The van der Waals surface area contributed by atoms with Gasteiger partial charge in [-0.05, 0) is 5.92 Å². The predicted octanol–water partition coefficient (Wildman–Crippen LogP) is -4.18. The molecule has 0 atom stereocenters. The zero-order chi connectivity index (χ0) is 4.41. The Morgan fingerprint density at radius 3 is 1.44 bits per heavy atom. The topological polar surface area (TPSA) is 0 Å². The molecule has 0 aromatic heterocycles. The van der Waals surface area contributed by atoms with Crippen LogP contribution in [0, 0.1) is 5.92 Å². The molecule has 0 aromatic carbocycles. The van der Waals surface area contributed by atoms with Crippen molar-refractivity contribution in [1.29, 1.82) is 0 Å². The molecule has 1 aliphatic carbocycles. The Labute approximate surface area is 108 Å². The smallest absolute Gasteiger partial charge is 1.00 e. The summed E-state index contributed by atoms with van der Waals surface area (Å²) in [6.07, 6.45) is 5.95. The molecule has 1 fully saturated rings. The minimum atomic E-state index is 0. The summed E-state index contributed by atoms with van der Waals surface area (Å²) in [6.45, 7) is 2.34. The van der Waals surface area contributed by atoms with Gasteiger partial charge in [0.2, 0.25) is 0 Å². The largest absolute Gasteiger partial charge is 2.00 e. The molecular formula is C6H12I2Mg. The van der Waals surface area contributed by atoms with E-state index in [0.29, 0.717) is 0 Å². The summed E-state index contributed by atoms with van der Waals surface area (Å²) < 4.78 is 0. The molecule has 0 saturated heterocycles. The van der Waals surface area contributed by atoms with Crippen molar-refractivity contribution in [3.05, 3.63) is 0 Å². The summed E-state index contributed by atoms with van der Waals surface area (Å²) in [5.74, 6) is 1.05. The maximum Gasteiger partial charge on any atom is 2.00 e. The monoisotopic (exact) mass is 362 g/mol. The minimum absolute atomic E-state index is 0. The zero-order valence-corrected chi connectivity index (χ0v) is 11.6. The Hall–Kier alpha value is 2.23. The molecule has 0 unspecified atom stereocenters. The van der Waals surface area contributed by atoms with Crippen molar-refractivity contribution in [3.63, 3.8) is 0 Å². The molecule has 1 rings (SSSR count). The SMILES string of the molecule is CC1CCCC1.[I-].[I-].[Mg+2]. The van der Waals surface area contributed by atoms with E-state index in [1.165, 1.54) is 25.7 Å². The molecule has 0 N–H and O–H groups in total. The van der Waals surface area contributed by atoms with Gasteiger partial charge < -0.3 is 48.0 Å². The second-order valence-electron chi connectivity index (χ2n) is 2.39. The van der Waals surface area contributed by atoms with Crippen LogP contribution >= 0.6 is 0 Å². The van der Waals surface area contributed by atoms with E-state index in [-0.39, 0.29) is 71.0 Å². The number of hydrogen-bond donors (Lipinski definition) is 0. The average molecular weight is 362 g/mol. The molecule has 52 valence electrons. The quantitative estimate of drug-likeness (QED) is 0.303. The first-order chi connectivity index (χ1) is 2.89. The van der Waals surface area contributed by atoms with Crippen LogP contribution in [0.25, 0.3) is 0 Å². The summed E-state index contributed by atoms with van der Waals surface area (Å²) in [4.78, 5) is 0. The number of halogens is 2. The fraction of sp³-hybridized carbons (Fsp3) is 1.00. The average Bonchev–Trinajstić information content (AvgIpc) is 1.86. The van der Waals surface area contributed by atoms with Gasteiger partial charge in [-0.1, -0.05) is 32.6 Å². The van der Waals surface area contributed by atoms with Crippen LogP contribution in [0.3, 0.4) is 0 Å². The normalized spacial score (nSPS) is 17.0. The van der Waals surface area contributed by atoms with Crippen molar-refractivity contribution < 1.29 is 48.0 Å². The van der Waals surface area contributed by atoms with Crippen molar-refractivity contribution in [1.82, 2.24) is 0 Å². The van der Waals surface area contributed by atoms with Gasteiger partial charge in [0.25, 0.3) is 0 Å². The van der Waals surface area contributed by atoms with Gasteiger partial charge in [-0.25, -0.2) is 0 Å². The van der Waals surface area contributed by atoms with Crippen molar-refractivity contribution in [2.24, 2.45) is 5.92 Å². The first-order valence-corrected chi connectivity index (χ1v) is 2.89. The van der Waals surface area contributed by atoms with E-state index < -0.39 is 0 Å². The maximum atomic E-state index is 2.34. The van der Waals surface area contributed by atoms with Crippen LogP contribution in [-0.4, -0.2) is 23.1 Å². The van der Waals surface area contributed by atoms with Crippen molar-refractivity contribution in [2.75, 3.05) is 0 Å². The van der Waals surface area contributed by atoms with E-state index >= 15 is 0 Å². The fourth-order valence-corrected chi connectivity index (χ4v) is 1.13. The van der Waals surface area contributed by atoms with Crippen LogP contribution in [0.4, 0.5) is 0 Å². The van der Waals surface area contributed by atoms with Gasteiger partial charge in [-0.2, -0.15) is 0 Å². The van der Waals surface area contributed by atoms with Crippen LogP contribution in [0.1, 0.15) is 32.6 Å². The third kappa shape index (κ3) is 8.13. The molecule has 0 heterocycles. The Morgan fingerprint density at radius 2 is 1.33 bits per heavy atom. The van der Waals surface area contributed by atoms with Gasteiger partial charge in [-0.3, -0.25) is 0 Å². The Kier molecular flexibility index (Phi) is 19.7. The molecule has 0 bridgehead atoms. The third-order valence-electron chi connectivity index (χ3n) is 1.64. The van der Waals surface area contributed by atoms with Gasteiger partial charge in [0.1, 0.15) is 0 Å². The molecule has 1 aliphatic rings. The first kappa shape index (κ1) is 17.3. The van der Waals surface area contributed by atoms with E-state index in [1.807, 2.05) is 0 Å². The minimum Gasteiger partial charge on any atom is -1.00 e. The summed E-state index contributed by atoms with van der Waals surface area (Å²) >= 11 is 0.